The summed E-state index contributed by atoms with van der Waals surface area (Å²) in [4.78, 5) is 0. The molecule has 1 aromatic carbocycles. The Morgan fingerprint density at radius 2 is 2.12 bits per heavy atom. The molecule has 2 rings (SSSR count). The summed E-state index contributed by atoms with van der Waals surface area (Å²) in [5, 5.41) is 3.40. The monoisotopic (exact) mass is 259 g/mol. The Kier molecular flexibility index (Phi) is 5.55. The van der Waals surface area contributed by atoms with Gasteiger partial charge in [0.25, 0.3) is 0 Å². The Bertz CT molecular complexity index is 354. The number of ether oxygens (including phenoxy) is 3. The smallest absolute Gasteiger partial charge is 0.165 e. The Balaban J connectivity index is 0.00000144. The molecule has 1 heterocycles. The van der Waals surface area contributed by atoms with Crippen molar-refractivity contribution in [3.8, 4) is 11.5 Å². The van der Waals surface area contributed by atoms with E-state index in [4.69, 9.17) is 14.2 Å². The van der Waals surface area contributed by atoms with Gasteiger partial charge in [0, 0.05) is 12.1 Å². The average Bonchev–Trinajstić information content (AvgIpc) is 2.38. The second-order valence-electron chi connectivity index (χ2n) is 3.66. The minimum atomic E-state index is 0. The van der Waals surface area contributed by atoms with Crippen LogP contribution in [0.4, 0.5) is 0 Å². The lowest BCUT2D eigenvalue weighted by atomic mass is 10.0. The number of para-hydroxylation sites is 1. The molecule has 5 heteroatoms. The van der Waals surface area contributed by atoms with Crippen LogP contribution in [-0.2, 0) is 4.74 Å². The molecular formula is C12H18ClNO3. The zero-order valence-electron chi connectivity index (χ0n) is 10.1. The zero-order valence-corrected chi connectivity index (χ0v) is 10.9. The Morgan fingerprint density at radius 1 is 1.29 bits per heavy atom. The highest BCUT2D eigenvalue weighted by Crippen LogP contribution is 2.35. The van der Waals surface area contributed by atoms with Gasteiger partial charge in [-0.1, -0.05) is 12.1 Å². The highest BCUT2D eigenvalue weighted by atomic mass is 35.5. The van der Waals surface area contributed by atoms with Gasteiger partial charge in [0.1, 0.15) is 0 Å². The molecule has 1 N–H and O–H groups in total. The van der Waals surface area contributed by atoms with Crippen LogP contribution in [0.25, 0.3) is 0 Å². The third-order valence-corrected chi connectivity index (χ3v) is 2.73. The Labute approximate surface area is 108 Å². The summed E-state index contributed by atoms with van der Waals surface area (Å²) >= 11 is 0. The summed E-state index contributed by atoms with van der Waals surface area (Å²) in [6.07, 6.45) is 0. The van der Waals surface area contributed by atoms with E-state index in [1.807, 2.05) is 18.2 Å². The molecule has 0 saturated carbocycles. The van der Waals surface area contributed by atoms with Gasteiger partial charge in [0.05, 0.1) is 33.5 Å². The predicted octanol–water partition coefficient (Wildman–Crippen LogP) is 1.79. The highest BCUT2D eigenvalue weighted by molar-refractivity contribution is 5.85. The van der Waals surface area contributed by atoms with Crippen molar-refractivity contribution < 1.29 is 14.2 Å². The lowest BCUT2D eigenvalue weighted by molar-refractivity contribution is 0.0759. The molecule has 1 aromatic rings. The van der Waals surface area contributed by atoms with Crippen LogP contribution in [0.1, 0.15) is 11.6 Å². The molecule has 0 aromatic heterocycles. The van der Waals surface area contributed by atoms with Crippen molar-refractivity contribution >= 4 is 12.4 Å². The van der Waals surface area contributed by atoms with Crippen molar-refractivity contribution in [3.05, 3.63) is 23.8 Å². The maximum Gasteiger partial charge on any atom is 0.165 e. The van der Waals surface area contributed by atoms with Gasteiger partial charge in [-0.05, 0) is 6.07 Å². The van der Waals surface area contributed by atoms with E-state index in [2.05, 4.69) is 5.32 Å². The lowest BCUT2D eigenvalue weighted by Gasteiger charge is -2.26. The molecule has 1 aliphatic rings. The SMILES string of the molecule is COc1cccc([C@@H]2COCCN2)c1OC.Cl. The molecule has 1 atom stereocenters. The Morgan fingerprint density at radius 3 is 2.71 bits per heavy atom. The lowest BCUT2D eigenvalue weighted by Crippen LogP contribution is -2.34. The summed E-state index contributed by atoms with van der Waals surface area (Å²) in [6.45, 7) is 2.30. The molecular weight excluding hydrogens is 242 g/mol. The van der Waals surface area contributed by atoms with E-state index in [9.17, 15) is 0 Å². The molecule has 0 unspecified atom stereocenters. The molecule has 1 aliphatic heterocycles. The van der Waals surface area contributed by atoms with Gasteiger partial charge in [-0.2, -0.15) is 0 Å². The maximum atomic E-state index is 5.45. The van der Waals surface area contributed by atoms with Crippen LogP contribution in [-0.4, -0.2) is 34.0 Å². The summed E-state index contributed by atoms with van der Waals surface area (Å²) in [5.74, 6) is 1.54. The van der Waals surface area contributed by atoms with E-state index in [1.54, 1.807) is 14.2 Å². The van der Waals surface area contributed by atoms with Crippen molar-refractivity contribution in [1.29, 1.82) is 0 Å². The van der Waals surface area contributed by atoms with Crippen LogP contribution >= 0.6 is 12.4 Å². The number of rotatable bonds is 3. The number of nitrogens with one attached hydrogen (secondary N) is 1. The van der Waals surface area contributed by atoms with Crippen molar-refractivity contribution in [2.24, 2.45) is 0 Å². The second-order valence-corrected chi connectivity index (χ2v) is 3.66. The average molecular weight is 260 g/mol. The van der Waals surface area contributed by atoms with Gasteiger partial charge in [0.15, 0.2) is 11.5 Å². The van der Waals surface area contributed by atoms with E-state index >= 15 is 0 Å². The topological polar surface area (TPSA) is 39.7 Å². The molecule has 96 valence electrons. The van der Waals surface area contributed by atoms with Crippen LogP contribution in [0.3, 0.4) is 0 Å². The molecule has 0 amide bonds. The number of methoxy groups -OCH3 is 2. The largest absolute Gasteiger partial charge is 0.493 e. The number of halogens is 1. The van der Waals surface area contributed by atoms with Gasteiger partial charge in [-0.25, -0.2) is 0 Å². The number of hydrogen-bond acceptors (Lipinski definition) is 4. The minimum absolute atomic E-state index is 0. The third-order valence-electron chi connectivity index (χ3n) is 2.73. The standard InChI is InChI=1S/C12H17NO3.ClH/c1-14-11-5-3-4-9(12(11)15-2)10-8-16-7-6-13-10;/h3-5,10,13H,6-8H2,1-2H3;1H/t10-;/m0./s1. The van der Waals surface area contributed by atoms with Crippen molar-refractivity contribution in [1.82, 2.24) is 5.32 Å². The van der Waals surface area contributed by atoms with Crippen LogP contribution in [0.5, 0.6) is 11.5 Å². The first-order valence-electron chi connectivity index (χ1n) is 5.39. The van der Waals surface area contributed by atoms with E-state index < -0.39 is 0 Å². The fourth-order valence-electron chi connectivity index (χ4n) is 1.95. The number of hydrogen-bond donors (Lipinski definition) is 1. The van der Waals surface area contributed by atoms with Crippen LogP contribution in [0, 0.1) is 0 Å². The summed E-state index contributed by atoms with van der Waals surface area (Å²) in [6, 6.07) is 6.07. The molecule has 17 heavy (non-hydrogen) atoms. The van der Waals surface area contributed by atoms with Gasteiger partial charge < -0.3 is 19.5 Å². The van der Waals surface area contributed by atoms with Crippen LogP contribution < -0.4 is 14.8 Å². The number of morpholine rings is 1. The molecule has 1 saturated heterocycles. The van der Waals surface area contributed by atoms with E-state index in [0.29, 0.717) is 6.61 Å². The van der Waals surface area contributed by atoms with Gasteiger partial charge in [-0.15, -0.1) is 12.4 Å². The predicted molar refractivity (Wildman–Crippen MR) is 68.4 cm³/mol. The van der Waals surface area contributed by atoms with Crippen LogP contribution in [0.2, 0.25) is 0 Å². The van der Waals surface area contributed by atoms with Gasteiger partial charge in [0.2, 0.25) is 0 Å². The molecule has 0 aliphatic carbocycles. The molecule has 4 nitrogen and oxygen atoms in total. The van der Waals surface area contributed by atoms with Crippen molar-refractivity contribution in [2.45, 2.75) is 6.04 Å². The molecule has 1 fully saturated rings. The van der Waals surface area contributed by atoms with E-state index in [0.717, 1.165) is 30.2 Å². The molecule has 0 bridgehead atoms. The second kappa shape index (κ2) is 6.69. The van der Waals surface area contributed by atoms with Crippen molar-refractivity contribution in [2.75, 3.05) is 34.0 Å². The maximum absolute atomic E-state index is 5.45. The quantitative estimate of drug-likeness (QED) is 0.898. The fourth-order valence-corrected chi connectivity index (χ4v) is 1.95. The number of benzene rings is 1. The van der Waals surface area contributed by atoms with Gasteiger partial charge in [-0.3, -0.25) is 0 Å². The van der Waals surface area contributed by atoms with E-state index in [1.165, 1.54) is 0 Å². The van der Waals surface area contributed by atoms with E-state index in [-0.39, 0.29) is 18.4 Å². The Hall–Kier alpha value is -0.970. The molecule has 0 spiro atoms. The fraction of sp³-hybridized carbons (Fsp3) is 0.500. The summed E-state index contributed by atoms with van der Waals surface area (Å²) in [7, 11) is 3.30. The summed E-state index contributed by atoms with van der Waals surface area (Å²) in [5.41, 5.74) is 1.08. The normalized spacial score (nSPS) is 19.3. The first kappa shape index (κ1) is 14.1. The highest BCUT2D eigenvalue weighted by Gasteiger charge is 2.20. The third kappa shape index (κ3) is 3.03. The first-order chi connectivity index (χ1) is 7.86. The molecule has 0 radical (unpaired) electrons. The summed E-state index contributed by atoms with van der Waals surface area (Å²) < 4.78 is 16.1. The minimum Gasteiger partial charge on any atom is -0.493 e. The zero-order chi connectivity index (χ0) is 11.4. The van der Waals surface area contributed by atoms with Crippen molar-refractivity contribution in [3.63, 3.8) is 0 Å². The van der Waals surface area contributed by atoms with Gasteiger partial charge >= 0.3 is 0 Å². The van der Waals surface area contributed by atoms with Crippen LogP contribution in [0.15, 0.2) is 18.2 Å². The first-order valence-corrected chi connectivity index (χ1v) is 5.39.